The van der Waals surface area contributed by atoms with E-state index in [9.17, 15) is 13.2 Å². The van der Waals surface area contributed by atoms with Crippen LogP contribution in [0.5, 0.6) is 0 Å². The van der Waals surface area contributed by atoms with E-state index in [0.29, 0.717) is 24.6 Å². The smallest absolute Gasteiger partial charge is 0.383 e. The Labute approximate surface area is 149 Å². The number of hydrogen-bond donors (Lipinski definition) is 1. The summed E-state index contributed by atoms with van der Waals surface area (Å²) in [7, 11) is -4.30. The van der Waals surface area contributed by atoms with Crippen molar-refractivity contribution in [1.29, 1.82) is 0 Å². The molecule has 0 atom stereocenters. The second-order valence-corrected chi connectivity index (χ2v) is 7.40. The van der Waals surface area contributed by atoms with Crippen LogP contribution in [0.2, 0.25) is 0 Å². The van der Waals surface area contributed by atoms with Gasteiger partial charge in [-0.2, -0.15) is 13.0 Å². The van der Waals surface area contributed by atoms with Crippen molar-refractivity contribution in [2.75, 3.05) is 12.3 Å². The van der Waals surface area contributed by atoms with Crippen LogP contribution in [0.3, 0.4) is 0 Å². The van der Waals surface area contributed by atoms with E-state index >= 15 is 0 Å². The standard InChI is InChI=1S/C14H19N4O5S2/c1-9-13(4-5-22-25(20,21)23-11(3)19)24-8-18(9)7-12-6-16-10(2)17-14(12)15/h6,8H,4-5,7H2,1-3H3,(H2,15,16,17)/q+1. The summed E-state index contributed by atoms with van der Waals surface area (Å²) in [6, 6.07) is 0. The first-order valence-electron chi connectivity index (χ1n) is 7.31. The first-order valence-corrected chi connectivity index (χ1v) is 9.53. The molecule has 11 heteroatoms. The second-order valence-electron chi connectivity index (χ2n) is 5.24. The van der Waals surface area contributed by atoms with E-state index in [-0.39, 0.29) is 6.61 Å². The van der Waals surface area contributed by atoms with Crippen LogP contribution >= 0.6 is 11.3 Å². The monoisotopic (exact) mass is 387 g/mol. The van der Waals surface area contributed by atoms with Crippen LogP contribution in [-0.4, -0.2) is 31.0 Å². The molecule has 0 unspecified atom stereocenters. The number of carbonyl (C=O) groups is 1. The molecule has 9 nitrogen and oxygen atoms in total. The maximum Gasteiger partial charge on any atom is 0.451 e. The molecule has 0 amide bonds. The molecule has 0 radical (unpaired) electrons. The molecule has 0 aromatic carbocycles. The Bertz CT molecular complexity index is 879. The molecule has 0 aliphatic heterocycles. The van der Waals surface area contributed by atoms with E-state index in [2.05, 4.69) is 18.3 Å². The molecule has 0 fully saturated rings. The maximum atomic E-state index is 11.3. The van der Waals surface area contributed by atoms with Gasteiger partial charge in [0.05, 0.1) is 17.0 Å². The summed E-state index contributed by atoms with van der Waals surface area (Å²) in [6.07, 6.45) is 2.06. The minimum Gasteiger partial charge on any atom is -0.383 e. The fourth-order valence-corrected chi connectivity index (χ4v) is 3.67. The molecule has 2 aromatic rings. The molecule has 0 aliphatic rings. The summed E-state index contributed by atoms with van der Waals surface area (Å²) in [5, 5.41) is 0. The number of anilines is 1. The molecule has 2 N–H and O–H groups in total. The topological polar surface area (TPSA) is 125 Å². The fourth-order valence-electron chi connectivity index (χ4n) is 2.07. The van der Waals surface area contributed by atoms with Crippen LogP contribution in [0.15, 0.2) is 11.7 Å². The highest BCUT2D eigenvalue weighted by Gasteiger charge is 2.20. The average Bonchev–Trinajstić information content (AvgIpc) is 2.81. The van der Waals surface area contributed by atoms with E-state index in [1.165, 1.54) is 11.3 Å². The minimum atomic E-state index is -4.30. The predicted octanol–water partition coefficient (Wildman–Crippen LogP) is 0.440. The van der Waals surface area contributed by atoms with Crippen molar-refractivity contribution in [2.24, 2.45) is 0 Å². The highest BCUT2D eigenvalue weighted by atomic mass is 32.3. The Morgan fingerprint density at radius 2 is 2.12 bits per heavy atom. The summed E-state index contributed by atoms with van der Waals surface area (Å²) < 4.78 is 33.4. The Morgan fingerprint density at radius 3 is 2.76 bits per heavy atom. The van der Waals surface area contributed by atoms with Gasteiger partial charge >= 0.3 is 16.4 Å². The number of nitrogens with zero attached hydrogens (tertiary/aromatic N) is 3. The Kier molecular flexibility index (Phi) is 6.03. The first-order chi connectivity index (χ1) is 11.7. The Hall–Kier alpha value is -2.11. The number of hydrogen-bond acceptors (Lipinski definition) is 9. The van der Waals surface area contributed by atoms with Crippen molar-refractivity contribution in [2.45, 2.75) is 33.7 Å². The molecular formula is C14H19N4O5S2+. The molecule has 0 aliphatic carbocycles. The molecule has 2 heterocycles. The summed E-state index contributed by atoms with van der Waals surface area (Å²) >= 11 is 1.47. The van der Waals surface area contributed by atoms with Gasteiger partial charge in [0.2, 0.25) is 5.51 Å². The molecule has 2 rings (SSSR count). The number of rotatable bonds is 7. The molecule has 0 spiro atoms. The number of thiazole rings is 1. The average molecular weight is 387 g/mol. The zero-order valence-corrected chi connectivity index (χ0v) is 15.7. The summed E-state index contributed by atoms with van der Waals surface area (Å²) in [6.45, 7) is 5.07. The van der Waals surface area contributed by atoms with Gasteiger partial charge in [-0.1, -0.05) is 11.3 Å². The van der Waals surface area contributed by atoms with Gasteiger partial charge in [0, 0.05) is 26.5 Å². The molecule has 0 bridgehead atoms. The fraction of sp³-hybridized carbons (Fsp3) is 0.429. The van der Waals surface area contributed by atoms with Gasteiger partial charge in [0.25, 0.3) is 0 Å². The summed E-state index contributed by atoms with van der Waals surface area (Å²) in [4.78, 5) is 19.9. The van der Waals surface area contributed by atoms with Gasteiger partial charge in [-0.3, -0.25) is 4.79 Å². The van der Waals surface area contributed by atoms with Crippen LogP contribution in [-0.2, 0) is 36.5 Å². The van der Waals surface area contributed by atoms with Crippen LogP contribution < -0.4 is 10.3 Å². The van der Waals surface area contributed by atoms with Gasteiger partial charge in [0.1, 0.15) is 11.6 Å². The van der Waals surface area contributed by atoms with E-state index in [0.717, 1.165) is 23.1 Å². The van der Waals surface area contributed by atoms with Crippen LogP contribution in [0, 0.1) is 13.8 Å². The van der Waals surface area contributed by atoms with Crippen LogP contribution in [0.1, 0.15) is 28.9 Å². The van der Waals surface area contributed by atoms with Gasteiger partial charge in [0.15, 0.2) is 12.2 Å². The van der Waals surface area contributed by atoms with Gasteiger partial charge in [-0.25, -0.2) is 14.2 Å². The highest BCUT2D eigenvalue weighted by molar-refractivity contribution is 7.82. The number of aromatic nitrogens is 3. The zero-order valence-electron chi connectivity index (χ0n) is 14.1. The number of nitrogen functional groups attached to an aromatic ring is 1. The molecule has 25 heavy (non-hydrogen) atoms. The quantitative estimate of drug-likeness (QED) is 0.678. The highest BCUT2D eigenvalue weighted by Crippen LogP contribution is 2.14. The Morgan fingerprint density at radius 1 is 1.40 bits per heavy atom. The zero-order chi connectivity index (χ0) is 18.6. The van der Waals surface area contributed by atoms with E-state index in [4.69, 9.17) is 5.73 Å². The van der Waals surface area contributed by atoms with Crippen molar-refractivity contribution in [3.8, 4) is 0 Å². The number of nitrogens with two attached hydrogens (primary N) is 1. The van der Waals surface area contributed by atoms with Gasteiger partial charge < -0.3 is 9.92 Å². The minimum absolute atomic E-state index is 0.118. The van der Waals surface area contributed by atoms with E-state index in [1.54, 1.807) is 13.1 Å². The third-order valence-corrected chi connectivity index (χ3v) is 5.33. The molecule has 136 valence electrons. The Balaban J connectivity index is 2.00. The van der Waals surface area contributed by atoms with Crippen molar-refractivity contribution in [3.05, 3.63) is 33.7 Å². The van der Waals surface area contributed by atoms with E-state index in [1.807, 2.05) is 17.0 Å². The van der Waals surface area contributed by atoms with Crippen molar-refractivity contribution >= 4 is 33.5 Å². The third-order valence-electron chi connectivity index (χ3n) is 3.29. The summed E-state index contributed by atoms with van der Waals surface area (Å²) in [5.41, 5.74) is 9.57. The number of aryl methyl sites for hydroxylation is 1. The van der Waals surface area contributed by atoms with Crippen LogP contribution in [0.4, 0.5) is 5.82 Å². The van der Waals surface area contributed by atoms with Crippen molar-refractivity contribution in [1.82, 2.24) is 9.97 Å². The molecular weight excluding hydrogens is 368 g/mol. The molecule has 0 saturated carbocycles. The summed E-state index contributed by atoms with van der Waals surface area (Å²) in [5.74, 6) is 0.103. The molecule has 0 saturated heterocycles. The lowest BCUT2D eigenvalue weighted by Gasteiger charge is -2.03. The lowest BCUT2D eigenvalue weighted by atomic mass is 10.2. The maximum absolute atomic E-state index is 11.3. The van der Waals surface area contributed by atoms with E-state index < -0.39 is 16.4 Å². The van der Waals surface area contributed by atoms with Crippen molar-refractivity contribution in [3.63, 3.8) is 0 Å². The lowest BCUT2D eigenvalue weighted by molar-refractivity contribution is -0.689. The largest absolute Gasteiger partial charge is 0.451 e. The SMILES string of the molecule is CC(=O)OS(=O)(=O)OCCc1sc[n+](Cc2cnc(C)nc2N)c1C. The van der Waals surface area contributed by atoms with Gasteiger partial charge in [-0.15, -0.1) is 0 Å². The van der Waals surface area contributed by atoms with Gasteiger partial charge in [-0.05, 0) is 6.92 Å². The lowest BCUT2D eigenvalue weighted by Crippen LogP contribution is -2.35. The number of carbonyl (C=O) groups excluding carboxylic acids is 1. The third kappa shape index (κ3) is 5.44. The predicted molar refractivity (Wildman–Crippen MR) is 89.9 cm³/mol. The molecule has 2 aromatic heterocycles. The normalized spacial score (nSPS) is 11.5. The van der Waals surface area contributed by atoms with Crippen LogP contribution in [0.25, 0.3) is 0 Å². The van der Waals surface area contributed by atoms with Crippen molar-refractivity contribution < 1.29 is 26.1 Å². The second kappa shape index (κ2) is 7.85. The first kappa shape index (κ1) is 19.2.